The van der Waals surface area contributed by atoms with Crippen molar-refractivity contribution in [1.29, 1.82) is 0 Å². The predicted molar refractivity (Wildman–Crippen MR) is 51.7 cm³/mol. The van der Waals surface area contributed by atoms with Crippen molar-refractivity contribution in [3.63, 3.8) is 0 Å². The minimum absolute atomic E-state index is 0.0941. The molecule has 2 heterocycles. The van der Waals surface area contributed by atoms with Crippen LogP contribution < -0.4 is 11.1 Å². The maximum atomic E-state index is 11.5. The largest absolute Gasteiger partial charge is 0.409 e. The summed E-state index contributed by atoms with van der Waals surface area (Å²) in [4.78, 5) is 11.5. The number of nitrogens with one attached hydrogen (secondary N) is 1. The second kappa shape index (κ2) is 3.60. The van der Waals surface area contributed by atoms with E-state index in [-0.39, 0.29) is 11.7 Å². The van der Waals surface area contributed by atoms with Gasteiger partial charge in [0.2, 0.25) is 0 Å². The Balaban J connectivity index is 2.42. The highest BCUT2D eigenvalue weighted by Crippen LogP contribution is 2.08. The fraction of sp³-hybridized carbons (Fsp3) is 0.375. The third-order valence-electron chi connectivity index (χ3n) is 2.22. The monoisotopic (exact) mass is 209 g/mol. The average Bonchev–Trinajstić information content (AvgIpc) is 2.60. The number of aryl methyl sites for hydroxylation is 1. The lowest BCUT2D eigenvalue weighted by Crippen LogP contribution is -2.22. The number of nitrogens with two attached hydrogens (primary N) is 1. The van der Waals surface area contributed by atoms with Crippen molar-refractivity contribution in [2.45, 2.75) is 13.0 Å². The first kappa shape index (κ1) is 9.50. The summed E-state index contributed by atoms with van der Waals surface area (Å²) < 4.78 is 1.57. The van der Waals surface area contributed by atoms with Gasteiger partial charge in [-0.15, -0.1) is 0 Å². The molecule has 7 nitrogen and oxygen atoms in total. The first-order valence-electron chi connectivity index (χ1n) is 4.56. The molecule has 15 heavy (non-hydrogen) atoms. The number of hydrogen-bond donors (Lipinski definition) is 3. The van der Waals surface area contributed by atoms with E-state index in [1.54, 1.807) is 4.68 Å². The van der Waals surface area contributed by atoms with Crippen molar-refractivity contribution >= 4 is 11.7 Å². The Morgan fingerprint density at radius 1 is 1.73 bits per heavy atom. The van der Waals surface area contributed by atoms with E-state index in [2.05, 4.69) is 15.6 Å². The van der Waals surface area contributed by atoms with Crippen LogP contribution in [0.25, 0.3) is 0 Å². The van der Waals surface area contributed by atoms with Crippen LogP contribution in [0.5, 0.6) is 0 Å². The summed E-state index contributed by atoms with van der Waals surface area (Å²) in [7, 11) is 0. The van der Waals surface area contributed by atoms with Gasteiger partial charge in [-0.05, 0) is 6.42 Å². The molecule has 0 atom stereocenters. The molecular weight excluding hydrogens is 198 g/mol. The molecule has 1 aliphatic heterocycles. The Morgan fingerprint density at radius 2 is 2.53 bits per heavy atom. The number of amidine groups is 1. The fourth-order valence-electron chi connectivity index (χ4n) is 1.47. The number of amides is 1. The average molecular weight is 209 g/mol. The van der Waals surface area contributed by atoms with Gasteiger partial charge in [-0.2, -0.15) is 5.10 Å². The summed E-state index contributed by atoms with van der Waals surface area (Å²) >= 11 is 0. The Bertz CT molecular complexity index is 423. The van der Waals surface area contributed by atoms with E-state index < -0.39 is 0 Å². The van der Waals surface area contributed by atoms with Gasteiger partial charge in [-0.25, -0.2) is 0 Å². The molecular formula is C8H11N5O2. The predicted octanol–water partition coefficient (Wildman–Crippen LogP) is -0.889. The number of hydrogen-bond acceptors (Lipinski definition) is 4. The number of carbonyl (C=O) groups is 1. The van der Waals surface area contributed by atoms with Crippen molar-refractivity contribution in [3.8, 4) is 0 Å². The maximum absolute atomic E-state index is 11.5. The van der Waals surface area contributed by atoms with Crippen LogP contribution >= 0.6 is 0 Å². The van der Waals surface area contributed by atoms with Crippen molar-refractivity contribution in [3.05, 3.63) is 17.5 Å². The Labute approximate surface area is 85.6 Å². The molecule has 1 amide bonds. The molecule has 1 aliphatic rings. The molecule has 2 rings (SSSR count). The molecule has 0 spiro atoms. The lowest BCUT2D eigenvalue weighted by atomic mass is 10.3. The molecule has 0 radical (unpaired) electrons. The summed E-state index contributed by atoms with van der Waals surface area (Å²) in [5.74, 6) is -0.277. The highest BCUT2D eigenvalue weighted by atomic mass is 16.4. The van der Waals surface area contributed by atoms with Gasteiger partial charge in [0.1, 0.15) is 11.4 Å². The zero-order chi connectivity index (χ0) is 10.8. The van der Waals surface area contributed by atoms with E-state index in [0.717, 1.165) is 6.42 Å². The third kappa shape index (κ3) is 1.63. The molecule has 0 unspecified atom stereocenters. The van der Waals surface area contributed by atoms with Crippen LogP contribution in [-0.2, 0) is 6.54 Å². The van der Waals surface area contributed by atoms with Gasteiger partial charge in [0, 0.05) is 19.2 Å². The third-order valence-corrected chi connectivity index (χ3v) is 2.22. The molecule has 1 aromatic heterocycles. The Hall–Kier alpha value is -2.05. The summed E-state index contributed by atoms with van der Waals surface area (Å²) in [6, 6.07) is 1.51. The highest BCUT2D eigenvalue weighted by Gasteiger charge is 2.19. The normalized spacial score (nSPS) is 16.8. The molecule has 0 aliphatic carbocycles. The van der Waals surface area contributed by atoms with Crippen LogP contribution in [0, 0.1) is 0 Å². The van der Waals surface area contributed by atoms with E-state index in [0.29, 0.717) is 24.5 Å². The molecule has 0 fully saturated rings. The molecule has 80 valence electrons. The maximum Gasteiger partial charge on any atom is 0.269 e. The minimum Gasteiger partial charge on any atom is -0.409 e. The Kier molecular flexibility index (Phi) is 2.28. The number of oxime groups is 1. The van der Waals surface area contributed by atoms with E-state index in [1.807, 2.05) is 0 Å². The second-order valence-electron chi connectivity index (χ2n) is 3.23. The zero-order valence-corrected chi connectivity index (χ0v) is 7.97. The van der Waals surface area contributed by atoms with E-state index in [4.69, 9.17) is 10.9 Å². The van der Waals surface area contributed by atoms with Crippen LogP contribution in [0.4, 0.5) is 0 Å². The van der Waals surface area contributed by atoms with Gasteiger partial charge in [0.15, 0.2) is 5.84 Å². The number of rotatable bonds is 1. The summed E-state index contributed by atoms with van der Waals surface area (Å²) in [6.45, 7) is 1.29. The van der Waals surface area contributed by atoms with Crippen LogP contribution in [0.2, 0.25) is 0 Å². The number of nitrogens with zero attached hydrogens (tertiary/aromatic N) is 3. The summed E-state index contributed by atoms with van der Waals surface area (Å²) in [5.41, 5.74) is 6.13. The van der Waals surface area contributed by atoms with Crippen molar-refractivity contribution < 1.29 is 10.0 Å². The number of fused-ring (bicyclic) bond motifs is 1. The van der Waals surface area contributed by atoms with Crippen molar-refractivity contribution in [2.24, 2.45) is 10.9 Å². The molecule has 0 saturated heterocycles. The van der Waals surface area contributed by atoms with Gasteiger partial charge in [-0.1, -0.05) is 5.16 Å². The molecule has 4 N–H and O–H groups in total. The van der Waals surface area contributed by atoms with E-state index in [9.17, 15) is 4.79 Å². The van der Waals surface area contributed by atoms with Gasteiger partial charge in [0.25, 0.3) is 5.91 Å². The fourth-order valence-corrected chi connectivity index (χ4v) is 1.47. The van der Waals surface area contributed by atoms with Gasteiger partial charge < -0.3 is 16.3 Å². The second-order valence-corrected chi connectivity index (χ2v) is 3.23. The molecule has 7 heteroatoms. The lowest BCUT2D eigenvalue weighted by Gasteiger charge is -1.97. The Morgan fingerprint density at radius 3 is 3.27 bits per heavy atom. The highest BCUT2D eigenvalue weighted by molar-refractivity contribution is 5.99. The van der Waals surface area contributed by atoms with Gasteiger partial charge in [0.05, 0.1) is 0 Å². The van der Waals surface area contributed by atoms with E-state index >= 15 is 0 Å². The van der Waals surface area contributed by atoms with E-state index in [1.165, 1.54) is 6.07 Å². The first-order chi connectivity index (χ1) is 7.22. The lowest BCUT2D eigenvalue weighted by molar-refractivity contribution is 0.0950. The standard InChI is InChI=1S/C8H11N5O2/c9-7(12-15)5-4-6-8(14)10-2-1-3-13(6)11-5/h4,15H,1-3H2,(H2,9,12)(H,10,14). The van der Waals surface area contributed by atoms with Gasteiger partial charge >= 0.3 is 0 Å². The quantitative estimate of drug-likeness (QED) is 0.241. The minimum atomic E-state index is -0.183. The van der Waals surface area contributed by atoms with Crippen LogP contribution in [0.15, 0.2) is 11.2 Å². The summed E-state index contributed by atoms with van der Waals surface area (Å²) in [5, 5.41) is 18.1. The van der Waals surface area contributed by atoms with Crippen molar-refractivity contribution in [2.75, 3.05) is 6.54 Å². The van der Waals surface area contributed by atoms with Crippen molar-refractivity contribution in [1.82, 2.24) is 15.1 Å². The number of aromatic nitrogens is 2. The SMILES string of the molecule is N/C(=N\O)c1cc2n(n1)CCCNC2=O. The zero-order valence-electron chi connectivity index (χ0n) is 7.97. The molecule has 1 aromatic rings. The van der Waals surface area contributed by atoms with Crippen LogP contribution in [-0.4, -0.2) is 33.3 Å². The number of carbonyl (C=O) groups excluding carboxylic acids is 1. The molecule has 0 bridgehead atoms. The summed E-state index contributed by atoms with van der Waals surface area (Å²) in [6.07, 6.45) is 0.816. The van der Waals surface area contributed by atoms with Gasteiger partial charge in [-0.3, -0.25) is 9.48 Å². The topological polar surface area (TPSA) is 106 Å². The van der Waals surface area contributed by atoms with Crippen LogP contribution in [0.1, 0.15) is 22.6 Å². The van der Waals surface area contributed by atoms with Crippen LogP contribution in [0.3, 0.4) is 0 Å². The smallest absolute Gasteiger partial charge is 0.269 e. The molecule has 0 aromatic carbocycles. The molecule has 0 saturated carbocycles. The first-order valence-corrected chi connectivity index (χ1v) is 4.56.